The van der Waals surface area contributed by atoms with Crippen LogP contribution in [-0.4, -0.2) is 29.3 Å². The largest absolute Gasteiger partial charge is 0.382 e. The molecule has 148 valence electrons. The second-order valence-electron chi connectivity index (χ2n) is 6.50. The zero-order valence-electron chi connectivity index (χ0n) is 15.5. The minimum Gasteiger partial charge on any atom is -0.382 e. The summed E-state index contributed by atoms with van der Waals surface area (Å²) in [5.41, 5.74) is 8.86. The van der Waals surface area contributed by atoms with E-state index in [0.717, 1.165) is 16.9 Å². The molecule has 0 amide bonds. The number of benzene rings is 2. The number of hydrogen-bond donors (Lipinski definition) is 1. The van der Waals surface area contributed by atoms with Crippen molar-refractivity contribution in [3.8, 4) is 0 Å². The highest BCUT2D eigenvalue weighted by Crippen LogP contribution is 2.36. The van der Waals surface area contributed by atoms with Crippen LogP contribution in [-0.2, 0) is 9.84 Å². The average molecular weight is 434 g/mol. The number of para-hydroxylation sites is 2. The molecule has 0 fully saturated rings. The van der Waals surface area contributed by atoms with Gasteiger partial charge in [-0.15, -0.1) is 11.3 Å². The highest BCUT2D eigenvalue weighted by Gasteiger charge is 2.31. The van der Waals surface area contributed by atoms with Gasteiger partial charge in [0, 0.05) is 0 Å². The molecule has 0 bridgehead atoms. The topological polar surface area (TPSA) is 103 Å². The van der Waals surface area contributed by atoms with Crippen molar-refractivity contribution in [2.24, 2.45) is 5.10 Å². The van der Waals surface area contributed by atoms with Crippen LogP contribution < -0.4 is 5.73 Å². The first-order valence-electron chi connectivity index (χ1n) is 9.00. The Bertz CT molecular complexity index is 1510. The fourth-order valence-electron chi connectivity index (χ4n) is 3.18. The van der Waals surface area contributed by atoms with E-state index in [1.54, 1.807) is 29.8 Å². The Balaban J connectivity index is 1.83. The third kappa shape index (κ3) is 2.95. The average Bonchev–Trinajstić information content (AvgIpc) is 3.38. The summed E-state index contributed by atoms with van der Waals surface area (Å²) in [4.78, 5) is 9.11. The quantitative estimate of drug-likeness (QED) is 0.432. The molecule has 0 unspecified atom stereocenters. The van der Waals surface area contributed by atoms with Gasteiger partial charge in [-0.3, -0.25) is 0 Å². The van der Waals surface area contributed by atoms with Crippen molar-refractivity contribution in [2.45, 2.75) is 9.10 Å². The van der Waals surface area contributed by atoms with Crippen LogP contribution in [0.1, 0.15) is 5.56 Å². The Labute approximate surface area is 176 Å². The van der Waals surface area contributed by atoms with E-state index >= 15 is 0 Å². The molecule has 0 spiro atoms. The van der Waals surface area contributed by atoms with Gasteiger partial charge in [0.05, 0.1) is 17.2 Å². The van der Waals surface area contributed by atoms with E-state index in [4.69, 9.17) is 5.73 Å². The lowest BCUT2D eigenvalue weighted by Gasteiger charge is -2.02. The van der Waals surface area contributed by atoms with Crippen LogP contribution in [0, 0.1) is 0 Å². The van der Waals surface area contributed by atoms with Crippen molar-refractivity contribution in [1.29, 1.82) is 0 Å². The maximum absolute atomic E-state index is 13.4. The number of nitrogens with two attached hydrogens (primary N) is 1. The summed E-state index contributed by atoms with van der Waals surface area (Å²) in [5, 5.41) is 6.13. The van der Waals surface area contributed by atoms with E-state index in [9.17, 15) is 8.42 Å². The molecule has 3 aromatic heterocycles. The molecule has 0 aliphatic heterocycles. The Morgan fingerprint density at radius 3 is 2.33 bits per heavy atom. The standard InChI is InChI=1S/C21H15N5O2S2/c22-20-19(30(27,28)17-11-6-12-29-17)18-21(25-16-10-5-4-9-15(16)24-18)26(20)23-13-14-7-2-1-3-8-14/h1-13H,22H2. The number of rotatable bonds is 4. The Hall–Kier alpha value is -3.56. The van der Waals surface area contributed by atoms with Gasteiger partial charge >= 0.3 is 0 Å². The fourth-order valence-corrected chi connectivity index (χ4v) is 5.77. The first-order valence-corrected chi connectivity index (χ1v) is 11.4. The van der Waals surface area contributed by atoms with E-state index in [0.29, 0.717) is 11.0 Å². The first kappa shape index (κ1) is 18.5. The summed E-state index contributed by atoms with van der Waals surface area (Å²) in [6.07, 6.45) is 1.61. The number of nitrogens with zero attached hydrogens (tertiary/aromatic N) is 4. The van der Waals surface area contributed by atoms with Gasteiger partial charge in [0.15, 0.2) is 5.65 Å². The summed E-state index contributed by atoms with van der Waals surface area (Å²) in [5.74, 6) is -0.0270. The molecule has 0 aliphatic carbocycles. The van der Waals surface area contributed by atoms with Gasteiger partial charge < -0.3 is 5.73 Å². The Kier molecular flexibility index (Phi) is 4.34. The molecule has 2 aromatic carbocycles. The van der Waals surface area contributed by atoms with Crippen molar-refractivity contribution < 1.29 is 8.42 Å². The minimum atomic E-state index is -3.89. The van der Waals surface area contributed by atoms with Crippen LogP contribution in [0.5, 0.6) is 0 Å². The highest BCUT2D eigenvalue weighted by atomic mass is 32.2. The number of sulfone groups is 1. The molecule has 2 N–H and O–H groups in total. The molecular formula is C21H15N5O2S2. The molecule has 0 saturated carbocycles. The zero-order valence-corrected chi connectivity index (χ0v) is 17.1. The van der Waals surface area contributed by atoms with E-state index in [-0.39, 0.29) is 26.1 Å². The van der Waals surface area contributed by atoms with Gasteiger partial charge in [0.1, 0.15) is 20.4 Å². The predicted molar refractivity (Wildman–Crippen MR) is 119 cm³/mol. The van der Waals surface area contributed by atoms with E-state index in [2.05, 4.69) is 15.1 Å². The summed E-state index contributed by atoms with van der Waals surface area (Å²) in [6, 6.07) is 19.9. The van der Waals surface area contributed by atoms with Crippen molar-refractivity contribution in [3.05, 3.63) is 77.7 Å². The van der Waals surface area contributed by atoms with Crippen LogP contribution in [0.2, 0.25) is 0 Å². The number of fused-ring (bicyclic) bond motifs is 2. The number of hydrogen-bond acceptors (Lipinski definition) is 7. The molecule has 9 heteroatoms. The first-order chi connectivity index (χ1) is 14.6. The summed E-state index contributed by atoms with van der Waals surface area (Å²) >= 11 is 1.13. The van der Waals surface area contributed by atoms with Crippen molar-refractivity contribution in [1.82, 2.24) is 14.6 Å². The fraction of sp³-hybridized carbons (Fsp3) is 0. The van der Waals surface area contributed by atoms with E-state index in [1.165, 1.54) is 4.68 Å². The molecule has 0 aliphatic rings. The number of nitrogen functional groups attached to an aromatic ring is 1. The molecule has 0 saturated heterocycles. The minimum absolute atomic E-state index is 0.0270. The van der Waals surface area contributed by atoms with Gasteiger partial charge in [-0.25, -0.2) is 18.4 Å². The van der Waals surface area contributed by atoms with E-state index in [1.807, 2.05) is 48.5 Å². The third-order valence-electron chi connectivity index (χ3n) is 4.58. The molecular weight excluding hydrogens is 418 g/mol. The monoisotopic (exact) mass is 433 g/mol. The lowest BCUT2D eigenvalue weighted by atomic mass is 10.2. The summed E-state index contributed by atoms with van der Waals surface area (Å²) in [6.45, 7) is 0. The van der Waals surface area contributed by atoms with Crippen LogP contribution in [0.15, 0.2) is 86.3 Å². The maximum Gasteiger partial charge on any atom is 0.221 e. The molecule has 5 aromatic rings. The molecule has 0 atom stereocenters. The molecule has 0 radical (unpaired) electrons. The van der Waals surface area contributed by atoms with Gasteiger partial charge in [0.25, 0.3) is 0 Å². The van der Waals surface area contributed by atoms with Crippen molar-refractivity contribution in [2.75, 3.05) is 5.73 Å². The highest BCUT2D eigenvalue weighted by molar-refractivity contribution is 7.93. The van der Waals surface area contributed by atoms with Crippen molar-refractivity contribution in [3.63, 3.8) is 0 Å². The van der Waals surface area contributed by atoms with Gasteiger partial charge in [0.2, 0.25) is 9.84 Å². The summed E-state index contributed by atoms with van der Waals surface area (Å²) in [7, 11) is -3.89. The normalized spacial score (nSPS) is 12.3. The predicted octanol–water partition coefficient (Wildman–Crippen LogP) is 3.94. The SMILES string of the molecule is Nc1c(S(=O)(=O)c2cccs2)c2nc3ccccc3nc2n1N=Cc1ccccc1. The van der Waals surface area contributed by atoms with Crippen LogP contribution in [0.4, 0.5) is 5.82 Å². The Morgan fingerprint density at radius 2 is 1.63 bits per heavy atom. The number of anilines is 1. The van der Waals surface area contributed by atoms with Gasteiger partial charge in [-0.2, -0.15) is 9.78 Å². The Morgan fingerprint density at radius 1 is 0.933 bits per heavy atom. The molecule has 7 nitrogen and oxygen atoms in total. The zero-order chi connectivity index (χ0) is 20.7. The second-order valence-corrected chi connectivity index (χ2v) is 9.56. The van der Waals surface area contributed by atoms with Gasteiger partial charge in [-0.05, 0) is 29.1 Å². The molecule has 30 heavy (non-hydrogen) atoms. The van der Waals surface area contributed by atoms with Gasteiger partial charge in [-0.1, -0.05) is 48.5 Å². The molecule has 3 heterocycles. The number of aromatic nitrogens is 3. The smallest absolute Gasteiger partial charge is 0.221 e. The summed E-state index contributed by atoms with van der Waals surface area (Å²) < 4.78 is 28.2. The maximum atomic E-state index is 13.4. The number of thiophene rings is 1. The van der Waals surface area contributed by atoms with E-state index < -0.39 is 9.84 Å². The van der Waals surface area contributed by atoms with Crippen LogP contribution in [0.25, 0.3) is 22.2 Å². The van der Waals surface area contributed by atoms with Crippen LogP contribution in [0.3, 0.4) is 0 Å². The van der Waals surface area contributed by atoms with Crippen LogP contribution >= 0.6 is 11.3 Å². The second kappa shape index (κ2) is 7.05. The molecule has 5 rings (SSSR count). The lowest BCUT2D eigenvalue weighted by molar-refractivity contribution is 0.599. The van der Waals surface area contributed by atoms with Crippen molar-refractivity contribution >= 4 is 55.4 Å². The third-order valence-corrected chi connectivity index (χ3v) is 7.79. The lowest BCUT2D eigenvalue weighted by Crippen LogP contribution is -2.05.